The van der Waals surface area contributed by atoms with E-state index in [2.05, 4.69) is 0 Å². The quantitative estimate of drug-likeness (QED) is 0.777. The van der Waals surface area contributed by atoms with Crippen LogP contribution in [0.15, 0.2) is 24.3 Å². The van der Waals surface area contributed by atoms with E-state index >= 15 is 0 Å². The van der Waals surface area contributed by atoms with Gasteiger partial charge in [-0.25, -0.2) is 0 Å². The number of aromatic hydroxyl groups is 1. The standard InChI is InChI=1S/C12H17NO2/c13-12(9-5-7-15-8-6-9)10-3-1-2-4-11(10)14/h1-4,9,12,14H,5-8,13H2. The van der Waals surface area contributed by atoms with E-state index in [9.17, 15) is 5.11 Å². The van der Waals surface area contributed by atoms with Crippen LogP contribution in [0.4, 0.5) is 0 Å². The van der Waals surface area contributed by atoms with Gasteiger partial charge >= 0.3 is 0 Å². The van der Waals surface area contributed by atoms with Crippen molar-refractivity contribution in [3.8, 4) is 5.75 Å². The Morgan fingerprint density at radius 2 is 1.93 bits per heavy atom. The minimum atomic E-state index is -0.0740. The van der Waals surface area contributed by atoms with Crippen LogP contribution >= 0.6 is 0 Å². The molecule has 1 heterocycles. The summed E-state index contributed by atoms with van der Waals surface area (Å²) < 4.78 is 5.30. The third kappa shape index (κ3) is 2.30. The van der Waals surface area contributed by atoms with E-state index in [-0.39, 0.29) is 6.04 Å². The molecule has 1 aliphatic rings. The van der Waals surface area contributed by atoms with Crippen LogP contribution in [0, 0.1) is 5.92 Å². The van der Waals surface area contributed by atoms with Crippen LogP contribution < -0.4 is 5.73 Å². The Morgan fingerprint density at radius 1 is 1.27 bits per heavy atom. The SMILES string of the molecule is NC(c1ccccc1O)C1CCOCC1. The summed E-state index contributed by atoms with van der Waals surface area (Å²) in [7, 11) is 0. The topological polar surface area (TPSA) is 55.5 Å². The van der Waals surface area contributed by atoms with E-state index in [0.717, 1.165) is 31.6 Å². The maximum atomic E-state index is 9.70. The summed E-state index contributed by atoms with van der Waals surface area (Å²) in [6, 6.07) is 7.24. The van der Waals surface area contributed by atoms with Gasteiger partial charge in [0.2, 0.25) is 0 Å². The maximum absolute atomic E-state index is 9.70. The lowest BCUT2D eigenvalue weighted by atomic mass is 9.87. The fourth-order valence-corrected chi connectivity index (χ4v) is 2.10. The van der Waals surface area contributed by atoms with Gasteiger partial charge in [0.05, 0.1) is 0 Å². The monoisotopic (exact) mass is 207 g/mol. The summed E-state index contributed by atoms with van der Waals surface area (Å²) in [5, 5.41) is 9.70. The molecule has 1 aromatic carbocycles. The summed E-state index contributed by atoms with van der Waals surface area (Å²) in [5.74, 6) is 0.726. The zero-order valence-corrected chi connectivity index (χ0v) is 8.73. The molecule has 0 aliphatic carbocycles. The van der Waals surface area contributed by atoms with Gasteiger partial charge in [-0.05, 0) is 24.8 Å². The Morgan fingerprint density at radius 3 is 2.60 bits per heavy atom. The van der Waals surface area contributed by atoms with E-state index < -0.39 is 0 Å². The van der Waals surface area contributed by atoms with Gasteiger partial charge in [0, 0.05) is 24.8 Å². The number of hydrogen-bond donors (Lipinski definition) is 2. The van der Waals surface area contributed by atoms with Crippen molar-refractivity contribution in [2.24, 2.45) is 11.7 Å². The lowest BCUT2D eigenvalue weighted by Gasteiger charge is -2.28. The Balaban J connectivity index is 2.12. The highest BCUT2D eigenvalue weighted by Gasteiger charge is 2.23. The van der Waals surface area contributed by atoms with Crippen molar-refractivity contribution in [3.05, 3.63) is 29.8 Å². The fourth-order valence-electron chi connectivity index (χ4n) is 2.10. The largest absolute Gasteiger partial charge is 0.508 e. The van der Waals surface area contributed by atoms with E-state index in [1.807, 2.05) is 18.2 Å². The molecule has 0 saturated carbocycles. The second-order valence-electron chi connectivity index (χ2n) is 4.03. The highest BCUT2D eigenvalue weighted by Crippen LogP contribution is 2.32. The number of nitrogens with two attached hydrogens (primary N) is 1. The van der Waals surface area contributed by atoms with E-state index in [1.165, 1.54) is 0 Å². The van der Waals surface area contributed by atoms with Gasteiger partial charge < -0.3 is 15.6 Å². The molecule has 15 heavy (non-hydrogen) atoms. The summed E-state index contributed by atoms with van der Waals surface area (Å²) in [6.07, 6.45) is 1.96. The van der Waals surface area contributed by atoms with Gasteiger partial charge in [-0.3, -0.25) is 0 Å². The highest BCUT2D eigenvalue weighted by atomic mass is 16.5. The van der Waals surface area contributed by atoms with E-state index in [0.29, 0.717) is 11.7 Å². The first-order valence-corrected chi connectivity index (χ1v) is 5.40. The van der Waals surface area contributed by atoms with Gasteiger partial charge in [0.25, 0.3) is 0 Å². The first-order chi connectivity index (χ1) is 7.29. The van der Waals surface area contributed by atoms with Crippen molar-refractivity contribution in [2.45, 2.75) is 18.9 Å². The first kappa shape index (κ1) is 10.5. The van der Waals surface area contributed by atoms with Crippen molar-refractivity contribution in [2.75, 3.05) is 13.2 Å². The molecule has 1 fully saturated rings. The van der Waals surface area contributed by atoms with Crippen molar-refractivity contribution < 1.29 is 9.84 Å². The third-order valence-corrected chi connectivity index (χ3v) is 3.07. The molecule has 1 aromatic rings. The Labute approximate surface area is 89.9 Å². The molecule has 2 rings (SSSR count). The highest BCUT2D eigenvalue weighted by molar-refractivity contribution is 5.34. The predicted molar refractivity (Wildman–Crippen MR) is 58.6 cm³/mol. The fraction of sp³-hybridized carbons (Fsp3) is 0.500. The molecular formula is C12H17NO2. The lowest BCUT2D eigenvalue weighted by Crippen LogP contribution is -2.27. The molecule has 0 aromatic heterocycles. The van der Waals surface area contributed by atoms with Crippen LogP contribution in [0.2, 0.25) is 0 Å². The third-order valence-electron chi connectivity index (χ3n) is 3.07. The molecule has 3 N–H and O–H groups in total. The van der Waals surface area contributed by atoms with Gasteiger partial charge in [-0.1, -0.05) is 18.2 Å². The average molecular weight is 207 g/mol. The smallest absolute Gasteiger partial charge is 0.120 e. The zero-order valence-electron chi connectivity index (χ0n) is 8.73. The molecule has 1 aliphatic heterocycles. The van der Waals surface area contributed by atoms with Crippen LogP contribution in [0.25, 0.3) is 0 Å². The molecule has 0 bridgehead atoms. The predicted octanol–water partition coefficient (Wildman–Crippen LogP) is 1.82. The molecule has 0 radical (unpaired) electrons. The van der Waals surface area contributed by atoms with Gasteiger partial charge in [0.1, 0.15) is 5.75 Å². The molecule has 1 unspecified atom stereocenters. The average Bonchev–Trinajstić information content (AvgIpc) is 2.30. The normalized spacial score (nSPS) is 20.1. The second-order valence-corrected chi connectivity index (χ2v) is 4.03. The minimum Gasteiger partial charge on any atom is -0.508 e. The molecular weight excluding hydrogens is 190 g/mol. The van der Waals surface area contributed by atoms with Crippen molar-refractivity contribution >= 4 is 0 Å². The number of ether oxygens (including phenoxy) is 1. The van der Waals surface area contributed by atoms with Crippen LogP contribution in [0.5, 0.6) is 5.75 Å². The maximum Gasteiger partial charge on any atom is 0.120 e. The minimum absolute atomic E-state index is 0.0740. The van der Waals surface area contributed by atoms with Crippen molar-refractivity contribution in [3.63, 3.8) is 0 Å². The number of rotatable bonds is 2. The van der Waals surface area contributed by atoms with Gasteiger partial charge in [0.15, 0.2) is 0 Å². The van der Waals surface area contributed by atoms with Crippen molar-refractivity contribution in [1.29, 1.82) is 0 Å². The molecule has 1 saturated heterocycles. The van der Waals surface area contributed by atoms with Crippen LogP contribution in [0.1, 0.15) is 24.4 Å². The molecule has 82 valence electrons. The number of phenolic OH excluding ortho intramolecular Hbond substituents is 1. The Kier molecular flexibility index (Phi) is 3.23. The second kappa shape index (κ2) is 4.64. The Hall–Kier alpha value is -1.06. The molecule has 3 heteroatoms. The van der Waals surface area contributed by atoms with E-state index in [4.69, 9.17) is 10.5 Å². The Bertz CT molecular complexity index is 321. The molecule has 3 nitrogen and oxygen atoms in total. The summed E-state index contributed by atoms with van der Waals surface area (Å²) in [4.78, 5) is 0. The van der Waals surface area contributed by atoms with Gasteiger partial charge in [-0.2, -0.15) is 0 Å². The molecule has 0 amide bonds. The number of hydrogen-bond acceptors (Lipinski definition) is 3. The number of para-hydroxylation sites is 1. The molecule has 0 spiro atoms. The lowest BCUT2D eigenvalue weighted by molar-refractivity contribution is 0.0581. The molecule has 1 atom stereocenters. The van der Waals surface area contributed by atoms with E-state index in [1.54, 1.807) is 6.07 Å². The summed E-state index contributed by atoms with van der Waals surface area (Å²) >= 11 is 0. The first-order valence-electron chi connectivity index (χ1n) is 5.40. The number of benzene rings is 1. The summed E-state index contributed by atoms with van der Waals surface area (Å²) in [5.41, 5.74) is 7.01. The number of phenols is 1. The van der Waals surface area contributed by atoms with Crippen molar-refractivity contribution in [1.82, 2.24) is 0 Å². The van der Waals surface area contributed by atoms with Crippen LogP contribution in [0.3, 0.4) is 0 Å². The van der Waals surface area contributed by atoms with Crippen LogP contribution in [-0.2, 0) is 4.74 Å². The van der Waals surface area contributed by atoms with Crippen LogP contribution in [-0.4, -0.2) is 18.3 Å². The van der Waals surface area contributed by atoms with Gasteiger partial charge in [-0.15, -0.1) is 0 Å². The summed E-state index contributed by atoms with van der Waals surface area (Å²) in [6.45, 7) is 1.57. The zero-order chi connectivity index (χ0) is 10.7.